The van der Waals surface area contributed by atoms with E-state index in [0.717, 1.165) is 17.0 Å². The molecule has 4 rings (SSSR count). The molecule has 0 saturated carbocycles. The molecule has 1 atom stereocenters. The van der Waals surface area contributed by atoms with E-state index in [1.165, 1.54) is 19.1 Å². The van der Waals surface area contributed by atoms with Crippen LogP contribution in [0, 0.1) is 0 Å². The monoisotopic (exact) mass is 466 g/mol. The highest BCUT2D eigenvalue weighted by Crippen LogP contribution is 2.32. The first-order valence-electron chi connectivity index (χ1n) is 9.14. The number of amides is 3. The van der Waals surface area contributed by atoms with Gasteiger partial charge in [-0.05, 0) is 48.9 Å². The zero-order valence-corrected chi connectivity index (χ0v) is 17.1. The topological polar surface area (TPSA) is 97.6 Å². The van der Waals surface area contributed by atoms with E-state index in [4.69, 9.17) is 16.1 Å². The summed E-state index contributed by atoms with van der Waals surface area (Å²) in [6.07, 6.45) is -4.84. The molecule has 12 heteroatoms. The summed E-state index contributed by atoms with van der Waals surface area (Å²) in [5.74, 6) is -0.784. The van der Waals surface area contributed by atoms with Crippen molar-refractivity contribution in [3.8, 4) is 17.2 Å². The van der Waals surface area contributed by atoms with Gasteiger partial charge in [-0.3, -0.25) is 9.69 Å². The molecular weight excluding hydrogens is 453 g/mol. The lowest BCUT2D eigenvalue weighted by Gasteiger charge is -2.22. The molecule has 0 spiro atoms. The first kappa shape index (κ1) is 21.6. The Hall–Kier alpha value is -3.60. The fourth-order valence-corrected chi connectivity index (χ4v) is 3.32. The average molecular weight is 467 g/mol. The first-order valence-corrected chi connectivity index (χ1v) is 9.52. The second kappa shape index (κ2) is 7.83. The van der Waals surface area contributed by atoms with Crippen LogP contribution in [0.4, 0.5) is 18.0 Å². The Kier molecular flexibility index (Phi) is 5.29. The van der Waals surface area contributed by atoms with Gasteiger partial charge in [0.05, 0.1) is 6.54 Å². The number of imide groups is 1. The number of nitrogens with one attached hydrogen (secondary N) is 1. The third kappa shape index (κ3) is 4.24. The summed E-state index contributed by atoms with van der Waals surface area (Å²) < 4.78 is 46.1. The fraction of sp³-hybridized carbons (Fsp3) is 0.200. The second-order valence-corrected chi connectivity index (χ2v) is 7.48. The smallest absolute Gasteiger partial charge is 0.406 e. The van der Waals surface area contributed by atoms with Gasteiger partial charge in [0.1, 0.15) is 11.3 Å². The van der Waals surface area contributed by atoms with E-state index in [2.05, 4.69) is 20.2 Å². The molecule has 2 heterocycles. The van der Waals surface area contributed by atoms with Crippen molar-refractivity contribution in [1.29, 1.82) is 0 Å². The number of benzene rings is 2. The van der Waals surface area contributed by atoms with E-state index in [0.29, 0.717) is 10.6 Å². The maximum absolute atomic E-state index is 13.0. The van der Waals surface area contributed by atoms with Crippen LogP contribution in [0.5, 0.6) is 5.75 Å². The SMILES string of the molecule is CC1(c2ccc(OC(F)(F)F)cc2)NC(=O)N(Cc2noc(-c3ccc(Cl)cc3)n2)C1=O. The summed E-state index contributed by atoms with van der Waals surface area (Å²) in [7, 11) is 0. The molecule has 2 aromatic carbocycles. The Morgan fingerprint density at radius 1 is 1.12 bits per heavy atom. The molecule has 8 nitrogen and oxygen atoms in total. The van der Waals surface area contributed by atoms with Crippen molar-refractivity contribution in [2.45, 2.75) is 25.4 Å². The fourth-order valence-electron chi connectivity index (χ4n) is 3.20. The van der Waals surface area contributed by atoms with Crippen molar-refractivity contribution >= 4 is 23.5 Å². The highest BCUT2D eigenvalue weighted by molar-refractivity contribution is 6.30. The molecule has 1 aliphatic rings. The van der Waals surface area contributed by atoms with Gasteiger partial charge >= 0.3 is 12.4 Å². The van der Waals surface area contributed by atoms with Crippen LogP contribution in [0.2, 0.25) is 5.02 Å². The number of carbonyl (C=O) groups excluding carboxylic acids is 2. The molecule has 1 saturated heterocycles. The van der Waals surface area contributed by atoms with Gasteiger partial charge in [0.15, 0.2) is 5.82 Å². The number of ether oxygens (including phenoxy) is 1. The zero-order chi connectivity index (χ0) is 23.1. The number of rotatable bonds is 5. The summed E-state index contributed by atoms with van der Waals surface area (Å²) in [5, 5.41) is 6.88. The summed E-state index contributed by atoms with van der Waals surface area (Å²) in [4.78, 5) is 30.6. The van der Waals surface area contributed by atoms with Crippen molar-refractivity contribution in [2.75, 3.05) is 0 Å². The second-order valence-electron chi connectivity index (χ2n) is 7.04. The van der Waals surface area contributed by atoms with E-state index >= 15 is 0 Å². The lowest BCUT2D eigenvalue weighted by Crippen LogP contribution is -2.40. The van der Waals surface area contributed by atoms with Crippen LogP contribution in [-0.4, -0.2) is 33.3 Å². The Morgan fingerprint density at radius 3 is 2.41 bits per heavy atom. The number of halogens is 4. The van der Waals surface area contributed by atoms with E-state index in [-0.39, 0.29) is 23.8 Å². The number of carbonyl (C=O) groups is 2. The van der Waals surface area contributed by atoms with Gasteiger partial charge in [-0.25, -0.2) is 4.79 Å². The van der Waals surface area contributed by atoms with Gasteiger partial charge in [0, 0.05) is 10.6 Å². The van der Waals surface area contributed by atoms with Crippen LogP contribution >= 0.6 is 11.6 Å². The van der Waals surface area contributed by atoms with E-state index in [1.807, 2.05) is 0 Å². The number of hydrogen-bond acceptors (Lipinski definition) is 6. The minimum Gasteiger partial charge on any atom is -0.406 e. The molecule has 1 aromatic heterocycles. The third-order valence-corrected chi connectivity index (χ3v) is 5.05. The summed E-state index contributed by atoms with van der Waals surface area (Å²) >= 11 is 5.85. The number of alkyl halides is 3. The summed E-state index contributed by atoms with van der Waals surface area (Å²) in [6.45, 7) is 1.19. The Morgan fingerprint density at radius 2 is 1.78 bits per heavy atom. The van der Waals surface area contributed by atoms with Gasteiger partial charge in [0.25, 0.3) is 11.8 Å². The largest absolute Gasteiger partial charge is 0.573 e. The lowest BCUT2D eigenvalue weighted by molar-refractivity contribution is -0.274. The molecule has 1 unspecified atom stereocenters. The van der Waals surface area contributed by atoms with Crippen LogP contribution in [0.1, 0.15) is 18.3 Å². The number of nitrogens with zero attached hydrogens (tertiary/aromatic N) is 3. The van der Waals surface area contributed by atoms with E-state index < -0.39 is 29.6 Å². The van der Waals surface area contributed by atoms with Gasteiger partial charge in [-0.15, -0.1) is 13.2 Å². The van der Waals surface area contributed by atoms with Gasteiger partial charge in [-0.2, -0.15) is 4.98 Å². The van der Waals surface area contributed by atoms with E-state index in [1.54, 1.807) is 24.3 Å². The standard InChI is InChI=1S/C20H14ClF3N4O4/c1-19(12-4-8-14(9-5-12)31-20(22,23)24)17(29)28(18(30)26-19)10-15-25-16(32-27-15)11-2-6-13(21)7-3-11/h2-9H,10H2,1H3,(H,26,30). The first-order chi connectivity index (χ1) is 15.0. The normalized spacial score (nSPS) is 18.7. The van der Waals surface area contributed by atoms with Crippen LogP contribution in [0.25, 0.3) is 11.5 Å². The minimum absolute atomic E-state index is 0.0941. The van der Waals surface area contributed by atoms with Crippen molar-refractivity contribution in [1.82, 2.24) is 20.4 Å². The molecule has 0 radical (unpaired) electrons. The molecule has 1 aliphatic heterocycles. The molecule has 1 fully saturated rings. The molecule has 0 bridgehead atoms. The molecule has 1 N–H and O–H groups in total. The minimum atomic E-state index is -4.84. The molecule has 32 heavy (non-hydrogen) atoms. The highest BCUT2D eigenvalue weighted by atomic mass is 35.5. The molecule has 3 amide bonds. The average Bonchev–Trinajstić information content (AvgIpc) is 3.27. The number of aromatic nitrogens is 2. The number of urea groups is 1. The molecule has 0 aliphatic carbocycles. The van der Waals surface area contributed by atoms with Gasteiger partial charge < -0.3 is 14.6 Å². The van der Waals surface area contributed by atoms with Crippen molar-refractivity contribution < 1.29 is 32.0 Å². The Balaban J connectivity index is 1.51. The van der Waals surface area contributed by atoms with Crippen LogP contribution in [0.15, 0.2) is 53.1 Å². The quantitative estimate of drug-likeness (QED) is 0.564. The summed E-state index contributed by atoms with van der Waals surface area (Å²) in [6, 6.07) is 10.6. The highest BCUT2D eigenvalue weighted by Gasteiger charge is 2.49. The van der Waals surface area contributed by atoms with Crippen molar-refractivity contribution in [3.05, 3.63) is 64.9 Å². The lowest BCUT2D eigenvalue weighted by atomic mass is 9.92. The van der Waals surface area contributed by atoms with E-state index in [9.17, 15) is 22.8 Å². The zero-order valence-electron chi connectivity index (χ0n) is 16.3. The molecular formula is C20H14ClF3N4O4. The van der Waals surface area contributed by atoms with Crippen molar-refractivity contribution in [2.24, 2.45) is 0 Å². The maximum Gasteiger partial charge on any atom is 0.573 e. The van der Waals surface area contributed by atoms with Gasteiger partial charge in [0.2, 0.25) is 0 Å². The maximum atomic E-state index is 13.0. The summed E-state index contributed by atoms with van der Waals surface area (Å²) in [5.41, 5.74) is -0.601. The van der Waals surface area contributed by atoms with Crippen LogP contribution < -0.4 is 10.1 Å². The predicted molar refractivity (Wildman–Crippen MR) is 104 cm³/mol. The van der Waals surface area contributed by atoms with Crippen LogP contribution in [0.3, 0.4) is 0 Å². The Labute approximate surface area is 183 Å². The van der Waals surface area contributed by atoms with Gasteiger partial charge in [-0.1, -0.05) is 28.9 Å². The Bertz CT molecular complexity index is 1160. The number of hydrogen-bond donors (Lipinski definition) is 1. The van der Waals surface area contributed by atoms with Crippen molar-refractivity contribution in [3.63, 3.8) is 0 Å². The van der Waals surface area contributed by atoms with Crippen LogP contribution in [-0.2, 0) is 16.9 Å². The third-order valence-electron chi connectivity index (χ3n) is 4.80. The molecule has 166 valence electrons. The molecule has 3 aromatic rings. The predicted octanol–water partition coefficient (Wildman–Crippen LogP) is 4.26.